The largest absolute Gasteiger partial charge is 0.355 e. The van der Waals surface area contributed by atoms with Crippen LogP contribution in [0.1, 0.15) is 22.3 Å². The van der Waals surface area contributed by atoms with Gasteiger partial charge in [0.2, 0.25) is 0 Å². The SMILES string of the molecule is Cc1c(/C=C2/SC(=S)N(C)C2=O)c(N2CCN(Cc3ccccc3)CC2)n(C)c(=O)c1C#N. The third kappa shape index (κ3) is 4.47. The minimum Gasteiger partial charge on any atom is -0.355 e. The van der Waals surface area contributed by atoms with Crippen LogP contribution < -0.4 is 10.5 Å². The highest BCUT2D eigenvalue weighted by Gasteiger charge is 2.31. The zero-order chi connectivity index (χ0) is 23.7. The van der Waals surface area contributed by atoms with Crippen LogP contribution in [0.25, 0.3) is 6.08 Å². The van der Waals surface area contributed by atoms with Gasteiger partial charge in [-0.3, -0.25) is 24.0 Å². The van der Waals surface area contributed by atoms with E-state index in [0.29, 0.717) is 14.8 Å². The van der Waals surface area contributed by atoms with Crippen LogP contribution in [0.3, 0.4) is 0 Å². The molecule has 0 bridgehead atoms. The molecule has 2 aliphatic heterocycles. The van der Waals surface area contributed by atoms with E-state index in [9.17, 15) is 14.9 Å². The molecular formula is C24H25N5O2S2. The van der Waals surface area contributed by atoms with Crippen molar-refractivity contribution in [1.82, 2.24) is 14.4 Å². The third-order valence-electron chi connectivity index (χ3n) is 6.15. The molecule has 1 aromatic carbocycles. The summed E-state index contributed by atoms with van der Waals surface area (Å²) in [4.78, 5) is 32.1. The molecule has 2 aromatic rings. The van der Waals surface area contributed by atoms with E-state index in [1.54, 1.807) is 27.1 Å². The smallest absolute Gasteiger partial charge is 0.270 e. The number of thiocarbonyl (C=S) groups is 1. The first-order chi connectivity index (χ1) is 15.8. The summed E-state index contributed by atoms with van der Waals surface area (Å²) in [7, 11) is 3.34. The van der Waals surface area contributed by atoms with E-state index < -0.39 is 0 Å². The Hall–Kier alpha value is -2.93. The Balaban J connectivity index is 1.68. The number of rotatable bonds is 4. The zero-order valence-corrected chi connectivity index (χ0v) is 20.5. The van der Waals surface area contributed by atoms with Crippen molar-refractivity contribution in [3.63, 3.8) is 0 Å². The van der Waals surface area contributed by atoms with E-state index in [1.807, 2.05) is 24.3 Å². The molecule has 33 heavy (non-hydrogen) atoms. The van der Waals surface area contributed by atoms with Crippen molar-refractivity contribution in [2.75, 3.05) is 38.1 Å². The summed E-state index contributed by atoms with van der Waals surface area (Å²) in [5, 5.41) is 9.62. The molecule has 0 radical (unpaired) electrons. The molecule has 170 valence electrons. The molecule has 2 aliphatic rings. The predicted molar refractivity (Wildman–Crippen MR) is 136 cm³/mol. The summed E-state index contributed by atoms with van der Waals surface area (Å²) in [6.45, 7) is 5.82. The summed E-state index contributed by atoms with van der Waals surface area (Å²) in [6, 6.07) is 12.4. The molecule has 4 rings (SSSR count). The van der Waals surface area contributed by atoms with E-state index >= 15 is 0 Å². The molecule has 0 spiro atoms. The molecule has 3 heterocycles. The lowest BCUT2D eigenvalue weighted by molar-refractivity contribution is -0.121. The van der Waals surface area contributed by atoms with Gasteiger partial charge in [0.25, 0.3) is 11.5 Å². The standard InChI is InChI=1S/C24H25N5O2S2/c1-16-18(13-20-23(31)27(3)24(32)33-20)21(26(2)22(30)19(16)14-25)29-11-9-28(10-12-29)15-17-7-5-4-6-8-17/h4-8,13H,9-12,15H2,1-3H3/b20-13+. The minimum atomic E-state index is -0.322. The fourth-order valence-electron chi connectivity index (χ4n) is 4.23. The normalized spacial score (nSPS) is 18.3. The van der Waals surface area contributed by atoms with E-state index in [0.717, 1.165) is 44.1 Å². The van der Waals surface area contributed by atoms with E-state index in [1.165, 1.54) is 26.8 Å². The van der Waals surface area contributed by atoms with E-state index in [-0.39, 0.29) is 17.0 Å². The van der Waals surface area contributed by atoms with Gasteiger partial charge in [-0.1, -0.05) is 54.3 Å². The molecule has 7 nitrogen and oxygen atoms in total. The van der Waals surface area contributed by atoms with Gasteiger partial charge in [0.05, 0.1) is 4.91 Å². The van der Waals surface area contributed by atoms with Crippen molar-refractivity contribution in [3.05, 3.63) is 67.8 Å². The molecule has 0 saturated carbocycles. The fourth-order valence-corrected chi connectivity index (χ4v) is 5.39. The van der Waals surface area contributed by atoms with Crippen LogP contribution in [-0.4, -0.2) is 57.8 Å². The van der Waals surface area contributed by atoms with Gasteiger partial charge < -0.3 is 4.90 Å². The lowest BCUT2D eigenvalue weighted by atomic mass is 10.0. The number of hydrogen-bond donors (Lipinski definition) is 0. The number of carbonyl (C=O) groups is 1. The molecule has 1 amide bonds. The van der Waals surface area contributed by atoms with Crippen LogP contribution in [-0.2, 0) is 18.4 Å². The van der Waals surface area contributed by atoms with Crippen LogP contribution in [0.5, 0.6) is 0 Å². The Morgan fingerprint density at radius 1 is 1.12 bits per heavy atom. The Labute approximate surface area is 202 Å². The molecule has 0 aliphatic carbocycles. The summed E-state index contributed by atoms with van der Waals surface area (Å²) >= 11 is 6.51. The first-order valence-electron chi connectivity index (χ1n) is 10.7. The number of aromatic nitrogens is 1. The summed E-state index contributed by atoms with van der Waals surface area (Å²) in [6.07, 6.45) is 1.78. The maximum absolute atomic E-state index is 12.9. The van der Waals surface area contributed by atoms with Crippen LogP contribution in [0, 0.1) is 18.3 Å². The first kappa shape index (κ1) is 23.2. The van der Waals surface area contributed by atoms with Crippen molar-refractivity contribution in [3.8, 4) is 6.07 Å². The highest BCUT2D eigenvalue weighted by Crippen LogP contribution is 2.35. The molecule has 0 atom stereocenters. The highest BCUT2D eigenvalue weighted by molar-refractivity contribution is 8.26. The first-order valence-corrected chi connectivity index (χ1v) is 11.9. The summed E-state index contributed by atoms with van der Waals surface area (Å²) < 4.78 is 2.03. The van der Waals surface area contributed by atoms with Crippen molar-refractivity contribution in [1.29, 1.82) is 5.26 Å². The molecule has 1 aromatic heterocycles. The minimum absolute atomic E-state index is 0.0993. The van der Waals surface area contributed by atoms with E-state index in [4.69, 9.17) is 12.2 Å². The maximum Gasteiger partial charge on any atom is 0.270 e. The molecule has 2 saturated heterocycles. The number of piperazine rings is 1. The van der Waals surface area contributed by atoms with Crippen molar-refractivity contribution in [2.45, 2.75) is 13.5 Å². The molecule has 2 fully saturated rings. The lowest BCUT2D eigenvalue weighted by Gasteiger charge is -2.37. The Kier molecular flexibility index (Phi) is 6.70. The monoisotopic (exact) mass is 479 g/mol. The number of carbonyl (C=O) groups excluding carboxylic acids is 1. The third-order valence-corrected chi connectivity index (χ3v) is 7.64. The van der Waals surface area contributed by atoms with Gasteiger partial charge in [-0.25, -0.2) is 0 Å². The van der Waals surface area contributed by atoms with E-state index in [2.05, 4.69) is 21.9 Å². The van der Waals surface area contributed by atoms with Gasteiger partial charge in [-0.2, -0.15) is 5.26 Å². The van der Waals surface area contributed by atoms with Crippen LogP contribution in [0.4, 0.5) is 5.82 Å². The number of hydrogen-bond acceptors (Lipinski definition) is 7. The Bertz CT molecular complexity index is 1240. The summed E-state index contributed by atoms with van der Waals surface area (Å²) in [5.74, 6) is 0.563. The number of benzene rings is 1. The number of nitrogens with zero attached hydrogens (tertiary/aromatic N) is 5. The number of amides is 1. The van der Waals surface area contributed by atoms with Crippen molar-refractivity contribution >= 4 is 46.1 Å². The average Bonchev–Trinajstić information content (AvgIpc) is 3.06. The topological polar surface area (TPSA) is 72.6 Å². The molecular weight excluding hydrogens is 454 g/mol. The van der Waals surface area contributed by atoms with Crippen LogP contribution in [0.2, 0.25) is 0 Å². The Morgan fingerprint density at radius 2 is 1.79 bits per heavy atom. The second-order valence-corrected chi connectivity index (χ2v) is 9.88. The van der Waals surface area contributed by atoms with Gasteiger partial charge in [0.15, 0.2) is 0 Å². The van der Waals surface area contributed by atoms with Crippen molar-refractivity contribution < 1.29 is 4.79 Å². The summed E-state index contributed by atoms with van der Waals surface area (Å²) in [5.41, 5.74) is 2.36. The number of pyridine rings is 1. The Morgan fingerprint density at radius 3 is 2.36 bits per heavy atom. The van der Waals surface area contributed by atoms with Crippen LogP contribution in [0.15, 0.2) is 40.0 Å². The highest BCUT2D eigenvalue weighted by atomic mass is 32.2. The molecule has 9 heteroatoms. The molecule has 0 unspecified atom stereocenters. The number of thioether (sulfide) groups is 1. The van der Waals surface area contributed by atoms with Gasteiger partial charge in [0, 0.05) is 52.4 Å². The van der Waals surface area contributed by atoms with Crippen LogP contribution >= 0.6 is 24.0 Å². The quantitative estimate of drug-likeness (QED) is 0.493. The number of anilines is 1. The predicted octanol–water partition coefficient (Wildman–Crippen LogP) is 2.72. The van der Waals surface area contributed by atoms with Gasteiger partial charge >= 0.3 is 0 Å². The lowest BCUT2D eigenvalue weighted by Crippen LogP contribution is -2.48. The fraction of sp³-hybridized carbons (Fsp3) is 0.333. The van der Waals surface area contributed by atoms with Gasteiger partial charge in [-0.05, 0) is 24.1 Å². The number of likely N-dealkylation sites (N-methyl/N-ethyl adjacent to an activating group) is 1. The second-order valence-electron chi connectivity index (χ2n) is 8.20. The number of nitriles is 1. The molecule has 0 N–H and O–H groups in total. The van der Waals surface area contributed by atoms with Crippen molar-refractivity contribution in [2.24, 2.45) is 7.05 Å². The maximum atomic E-state index is 12.9. The average molecular weight is 480 g/mol. The zero-order valence-electron chi connectivity index (χ0n) is 18.9. The second kappa shape index (κ2) is 9.51. The van der Waals surface area contributed by atoms with Gasteiger partial charge in [0.1, 0.15) is 21.8 Å². The van der Waals surface area contributed by atoms with Gasteiger partial charge in [-0.15, -0.1) is 0 Å².